The molecule has 1 rings (SSSR count). The van der Waals surface area contributed by atoms with Crippen molar-refractivity contribution in [3.05, 3.63) is 42.7 Å². The predicted molar refractivity (Wildman–Crippen MR) is 47.9 cm³/mol. The first kappa shape index (κ1) is 8.81. The third-order valence-electron chi connectivity index (χ3n) is 1.58. The van der Waals surface area contributed by atoms with Crippen molar-refractivity contribution < 1.29 is 9.84 Å². The lowest BCUT2D eigenvalue weighted by Crippen LogP contribution is -1.90. The molecule has 0 fully saturated rings. The average molecular weight is 164 g/mol. The fourth-order valence-corrected chi connectivity index (χ4v) is 0.921. The third-order valence-corrected chi connectivity index (χ3v) is 1.58. The zero-order valence-corrected chi connectivity index (χ0v) is 7.03. The van der Waals surface area contributed by atoms with E-state index in [1.165, 1.54) is 6.26 Å². The molecular weight excluding hydrogens is 152 g/mol. The maximum Gasteiger partial charge on any atom is 0.126 e. The van der Waals surface area contributed by atoms with Gasteiger partial charge in [0.05, 0.1) is 12.4 Å². The van der Waals surface area contributed by atoms with Crippen LogP contribution < -0.4 is 4.74 Å². The number of benzene rings is 1. The van der Waals surface area contributed by atoms with Crippen molar-refractivity contribution in [2.45, 2.75) is 13.0 Å². The van der Waals surface area contributed by atoms with Crippen LogP contribution in [0.4, 0.5) is 0 Å². The summed E-state index contributed by atoms with van der Waals surface area (Å²) in [7, 11) is 0. The standard InChI is InChI=1S/C10H12O2/c1-3-12-10-6-4-9(5-7-10)8(2)11/h3-8,11H,1H2,2H3. The second kappa shape index (κ2) is 3.93. The molecular formula is C10H12O2. The van der Waals surface area contributed by atoms with Crippen LogP contribution in [0, 0.1) is 0 Å². The second-order valence-corrected chi connectivity index (χ2v) is 2.53. The molecule has 1 unspecified atom stereocenters. The van der Waals surface area contributed by atoms with E-state index in [2.05, 4.69) is 6.58 Å². The Kier molecular flexibility index (Phi) is 2.88. The summed E-state index contributed by atoms with van der Waals surface area (Å²) in [4.78, 5) is 0. The minimum atomic E-state index is -0.428. The van der Waals surface area contributed by atoms with Gasteiger partial charge in [-0.05, 0) is 24.6 Å². The van der Waals surface area contributed by atoms with E-state index < -0.39 is 6.10 Å². The summed E-state index contributed by atoms with van der Waals surface area (Å²) in [6.07, 6.45) is 0.944. The Morgan fingerprint density at radius 1 is 1.42 bits per heavy atom. The number of hydrogen-bond acceptors (Lipinski definition) is 2. The molecule has 1 aromatic rings. The van der Waals surface area contributed by atoms with E-state index in [9.17, 15) is 5.11 Å². The van der Waals surface area contributed by atoms with Gasteiger partial charge in [-0.1, -0.05) is 18.7 Å². The maximum atomic E-state index is 9.18. The quantitative estimate of drug-likeness (QED) is 0.694. The Morgan fingerprint density at radius 2 is 2.00 bits per heavy atom. The fraction of sp³-hybridized carbons (Fsp3) is 0.200. The molecule has 1 aromatic carbocycles. The molecule has 1 atom stereocenters. The van der Waals surface area contributed by atoms with Crippen LogP contribution in [-0.4, -0.2) is 5.11 Å². The molecule has 0 aliphatic carbocycles. The summed E-state index contributed by atoms with van der Waals surface area (Å²) in [5.41, 5.74) is 0.881. The highest BCUT2D eigenvalue weighted by Crippen LogP contribution is 2.16. The van der Waals surface area contributed by atoms with Crippen molar-refractivity contribution >= 4 is 0 Å². The van der Waals surface area contributed by atoms with Crippen LogP contribution in [-0.2, 0) is 0 Å². The first-order valence-corrected chi connectivity index (χ1v) is 3.79. The maximum absolute atomic E-state index is 9.18. The van der Waals surface area contributed by atoms with Gasteiger partial charge >= 0.3 is 0 Å². The van der Waals surface area contributed by atoms with Gasteiger partial charge in [0.25, 0.3) is 0 Å². The monoisotopic (exact) mass is 164 g/mol. The largest absolute Gasteiger partial charge is 0.466 e. The van der Waals surface area contributed by atoms with Gasteiger partial charge in [-0.15, -0.1) is 0 Å². The van der Waals surface area contributed by atoms with Crippen LogP contribution >= 0.6 is 0 Å². The van der Waals surface area contributed by atoms with Crippen LogP contribution in [0.5, 0.6) is 5.75 Å². The summed E-state index contributed by atoms with van der Waals surface area (Å²) in [6.45, 7) is 5.17. The van der Waals surface area contributed by atoms with Gasteiger partial charge in [0, 0.05) is 0 Å². The fourth-order valence-electron chi connectivity index (χ4n) is 0.921. The summed E-state index contributed by atoms with van der Waals surface area (Å²) >= 11 is 0. The molecule has 2 nitrogen and oxygen atoms in total. The first-order valence-electron chi connectivity index (χ1n) is 3.79. The second-order valence-electron chi connectivity index (χ2n) is 2.53. The van der Waals surface area contributed by atoms with E-state index >= 15 is 0 Å². The van der Waals surface area contributed by atoms with Gasteiger partial charge in [-0.25, -0.2) is 0 Å². The van der Waals surface area contributed by atoms with E-state index in [4.69, 9.17) is 4.74 Å². The predicted octanol–water partition coefficient (Wildman–Crippen LogP) is 2.26. The Labute approximate surface area is 72.1 Å². The Hall–Kier alpha value is -1.28. The molecule has 0 aliphatic heterocycles. The summed E-state index contributed by atoms with van der Waals surface area (Å²) < 4.78 is 5.02. The molecule has 12 heavy (non-hydrogen) atoms. The van der Waals surface area contributed by atoms with Crippen LogP contribution in [0.1, 0.15) is 18.6 Å². The van der Waals surface area contributed by atoms with Crippen molar-refractivity contribution in [3.8, 4) is 5.75 Å². The van der Waals surface area contributed by atoms with Crippen molar-refractivity contribution in [2.24, 2.45) is 0 Å². The summed E-state index contributed by atoms with van der Waals surface area (Å²) in [5, 5.41) is 9.18. The molecule has 64 valence electrons. The highest BCUT2D eigenvalue weighted by molar-refractivity contribution is 5.28. The minimum Gasteiger partial charge on any atom is -0.466 e. The molecule has 0 aliphatic rings. The lowest BCUT2D eigenvalue weighted by molar-refractivity contribution is 0.199. The number of ether oxygens (including phenoxy) is 1. The van der Waals surface area contributed by atoms with Crippen molar-refractivity contribution in [1.82, 2.24) is 0 Å². The molecule has 0 heterocycles. The topological polar surface area (TPSA) is 29.5 Å². The van der Waals surface area contributed by atoms with E-state index in [0.717, 1.165) is 11.3 Å². The van der Waals surface area contributed by atoms with Gasteiger partial charge < -0.3 is 9.84 Å². The molecule has 0 saturated carbocycles. The minimum absolute atomic E-state index is 0.428. The molecule has 0 radical (unpaired) electrons. The Balaban J connectivity index is 2.78. The number of rotatable bonds is 3. The smallest absolute Gasteiger partial charge is 0.126 e. The molecule has 1 N–H and O–H groups in total. The normalized spacial score (nSPS) is 12.2. The average Bonchev–Trinajstić information content (AvgIpc) is 2.06. The summed E-state index contributed by atoms with van der Waals surface area (Å²) in [6, 6.07) is 7.24. The highest BCUT2D eigenvalue weighted by Gasteiger charge is 1.99. The van der Waals surface area contributed by atoms with Crippen molar-refractivity contribution in [2.75, 3.05) is 0 Å². The molecule has 0 aromatic heterocycles. The van der Waals surface area contributed by atoms with Gasteiger partial charge in [-0.2, -0.15) is 0 Å². The Morgan fingerprint density at radius 3 is 2.42 bits per heavy atom. The van der Waals surface area contributed by atoms with Crippen LogP contribution in [0.2, 0.25) is 0 Å². The van der Waals surface area contributed by atoms with E-state index in [1.54, 1.807) is 19.1 Å². The highest BCUT2D eigenvalue weighted by atomic mass is 16.5. The van der Waals surface area contributed by atoms with Gasteiger partial charge in [0.1, 0.15) is 5.75 Å². The lowest BCUT2D eigenvalue weighted by Gasteiger charge is -2.04. The van der Waals surface area contributed by atoms with E-state index in [0.29, 0.717) is 0 Å². The van der Waals surface area contributed by atoms with Crippen LogP contribution in [0.25, 0.3) is 0 Å². The Bertz CT molecular complexity index is 249. The zero-order chi connectivity index (χ0) is 8.97. The number of aliphatic hydroxyl groups excluding tert-OH is 1. The van der Waals surface area contributed by atoms with E-state index in [-0.39, 0.29) is 0 Å². The van der Waals surface area contributed by atoms with Gasteiger partial charge in [0.15, 0.2) is 0 Å². The molecule has 0 amide bonds. The molecule has 0 saturated heterocycles. The lowest BCUT2D eigenvalue weighted by atomic mass is 10.1. The number of hydrogen-bond donors (Lipinski definition) is 1. The van der Waals surface area contributed by atoms with Crippen LogP contribution in [0.3, 0.4) is 0 Å². The zero-order valence-electron chi connectivity index (χ0n) is 7.03. The van der Waals surface area contributed by atoms with Crippen molar-refractivity contribution in [1.29, 1.82) is 0 Å². The number of aliphatic hydroxyl groups is 1. The van der Waals surface area contributed by atoms with Gasteiger partial charge in [-0.3, -0.25) is 0 Å². The molecule has 0 spiro atoms. The summed E-state index contributed by atoms with van der Waals surface area (Å²) in [5.74, 6) is 0.731. The molecule has 0 bridgehead atoms. The molecule has 2 heteroatoms. The van der Waals surface area contributed by atoms with E-state index in [1.807, 2.05) is 12.1 Å². The van der Waals surface area contributed by atoms with Gasteiger partial charge in [0.2, 0.25) is 0 Å². The van der Waals surface area contributed by atoms with Crippen LogP contribution in [0.15, 0.2) is 37.1 Å². The van der Waals surface area contributed by atoms with Crippen molar-refractivity contribution in [3.63, 3.8) is 0 Å². The SMILES string of the molecule is C=COc1ccc(C(C)O)cc1. The first-order chi connectivity index (χ1) is 5.74. The third kappa shape index (κ3) is 2.10.